The van der Waals surface area contributed by atoms with Crippen LogP contribution in [0.5, 0.6) is 0 Å². The van der Waals surface area contributed by atoms with Gasteiger partial charge in [0.15, 0.2) is 0 Å². The smallest absolute Gasteiger partial charge is 0.225 e. The highest BCUT2D eigenvalue weighted by Gasteiger charge is 2.38. The molecule has 0 aromatic carbocycles. The summed E-state index contributed by atoms with van der Waals surface area (Å²) >= 11 is 5.41. The topological polar surface area (TPSA) is 17.1 Å². The third-order valence-electron chi connectivity index (χ3n) is 2.57. The van der Waals surface area contributed by atoms with Crippen molar-refractivity contribution in [3.05, 3.63) is 12.2 Å². The largest absolute Gasteiger partial charge is 0.281 e. The highest BCUT2D eigenvalue weighted by Crippen LogP contribution is 2.44. The number of allylic oxidation sites excluding steroid dienone is 2. The van der Waals surface area contributed by atoms with Gasteiger partial charge in [0.25, 0.3) is 0 Å². The number of fused-ring (bicyclic) bond motifs is 2. The summed E-state index contributed by atoms with van der Waals surface area (Å²) in [5.74, 6) is 1.25. The Morgan fingerprint density at radius 1 is 1.40 bits per heavy atom. The molecular formula is C8H9ClO. The van der Waals surface area contributed by atoms with Gasteiger partial charge < -0.3 is 0 Å². The molecule has 2 heteroatoms. The zero-order valence-corrected chi connectivity index (χ0v) is 6.34. The fourth-order valence-corrected chi connectivity index (χ4v) is 2.29. The third-order valence-corrected chi connectivity index (χ3v) is 2.85. The lowest BCUT2D eigenvalue weighted by Crippen LogP contribution is -2.13. The molecular weight excluding hydrogens is 148 g/mol. The molecule has 0 aliphatic heterocycles. The minimum absolute atomic E-state index is 0.136. The summed E-state index contributed by atoms with van der Waals surface area (Å²) in [6.45, 7) is 0. The first-order chi connectivity index (χ1) is 4.77. The SMILES string of the molecule is O=C(Cl)[C@@H]1C[C@@H]2C=C[C@H]1C2. The van der Waals surface area contributed by atoms with Crippen molar-refractivity contribution in [2.24, 2.45) is 17.8 Å². The predicted octanol–water partition coefficient (Wildman–Crippen LogP) is 1.96. The molecule has 2 bridgehead atoms. The highest BCUT2D eigenvalue weighted by molar-refractivity contribution is 6.64. The first-order valence-corrected chi connectivity index (χ1v) is 4.03. The zero-order valence-electron chi connectivity index (χ0n) is 5.59. The van der Waals surface area contributed by atoms with Crippen LogP contribution in [0.2, 0.25) is 0 Å². The first kappa shape index (κ1) is 6.41. The monoisotopic (exact) mass is 156 g/mol. The molecule has 0 N–H and O–H groups in total. The van der Waals surface area contributed by atoms with E-state index in [0.29, 0.717) is 11.8 Å². The van der Waals surface area contributed by atoms with Crippen LogP contribution in [0.1, 0.15) is 12.8 Å². The first-order valence-electron chi connectivity index (χ1n) is 3.65. The molecule has 0 aromatic heterocycles. The van der Waals surface area contributed by atoms with Gasteiger partial charge in [0.05, 0.1) is 0 Å². The fraction of sp³-hybridized carbons (Fsp3) is 0.625. The predicted molar refractivity (Wildman–Crippen MR) is 39.7 cm³/mol. The van der Waals surface area contributed by atoms with Gasteiger partial charge in [-0.15, -0.1) is 0 Å². The molecule has 0 unspecified atom stereocenters. The van der Waals surface area contributed by atoms with E-state index in [9.17, 15) is 4.79 Å². The van der Waals surface area contributed by atoms with Crippen molar-refractivity contribution in [2.45, 2.75) is 12.8 Å². The summed E-state index contributed by atoms with van der Waals surface area (Å²) in [6, 6.07) is 0. The molecule has 0 amide bonds. The van der Waals surface area contributed by atoms with Gasteiger partial charge in [0.1, 0.15) is 0 Å². The Hall–Kier alpha value is -0.300. The van der Waals surface area contributed by atoms with Gasteiger partial charge in [-0.25, -0.2) is 0 Å². The Labute approximate surface area is 65.1 Å². The van der Waals surface area contributed by atoms with E-state index < -0.39 is 0 Å². The molecule has 54 valence electrons. The van der Waals surface area contributed by atoms with Crippen LogP contribution in [0.15, 0.2) is 12.2 Å². The molecule has 2 aliphatic rings. The van der Waals surface area contributed by atoms with Gasteiger partial charge in [-0.05, 0) is 36.3 Å². The molecule has 1 fully saturated rings. The van der Waals surface area contributed by atoms with Crippen molar-refractivity contribution in [1.29, 1.82) is 0 Å². The molecule has 0 aromatic rings. The third kappa shape index (κ3) is 0.807. The lowest BCUT2D eigenvalue weighted by molar-refractivity contribution is -0.115. The Bertz CT molecular complexity index is 197. The average Bonchev–Trinajstić information content (AvgIpc) is 2.44. The van der Waals surface area contributed by atoms with Crippen LogP contribution in [-0.4, -0.2) is 5.24 Å². The van der Waals surface area contributed by atoms with E-state index in [1.54, 1.807) is 0 Å². The van der Waals surface area contributed by atoms with Crippen molar-refractivity contribution in [1.82, 2.24) is 0 Å². The Morgan fingerprint density at radius 3 is 2.50 bits per heavy atom. The van der Waals surface area contributed by atoms with Crippen LogP contribution in [0.4, 0.5) is 0 Å². The van der Waals surface area contributed by atoms with Crippen molar-refractivity contribution >= 4 is 16.8 Å². The Balaban J connectivity index is 2.16. The minimum Gasteiger partial charge on any atom is -0.281 e. The second kappa shape index (κ2) is 2.09. The quantitative estimate of drug-likeness (QED) is 0.419. The van der Waals surface area contributed by atoms with Crippen LogP contribution >= 0.6 is 11.6 Å². The molecule has 0 saturated heterocycles. The van der Waals surface area contributed by atoms with Crippen LogP contribution in [0, 0.1) is 17.8 Å². The van der Waals surface area contributed by atoms with Crippen molar-refractivity contribution in [2.75, 3.05) is 0 Å². The number of halogens is 1. The van der Waals surface area contributed by atoms with Crippen LogP contribution in [-0.2, 0) is 4.79 Å². The van der Waals surface area contributed by atoms with E-state index in [-0.39, 0.29) is 11.2 Å². The van der Waals surface area contributed by atoms with Gasteiger partial charge in [0, 0.05) is 5.92 Å². The maximum atomic E-state index is 10.8. The lowest BCUT2D eigenvalue weighted by Gasteiger charge is -2.11. The molecule has 0 heterocycles. The second-order valence-corrected chi connectivity index (χ2v) is 3.56. The summed E-state index contributed by atoms with van der Waals surface area (Å²) in [5.41, 5.74) is 0. The lowest BCUT2D eigenvalue weighted by atomic mass is 9.95. The molecule has 2 aliphatic carbocycles. The molecule has 2 rings (SSSR count). The van der Waals surface area contributed by atoms with E-state index in [4.69, 9.17) is 11.6 Å². The molecule has 1 saturated carbocycles. The van der Waals surface area contributed by atoms with E-state index in [0.717, 1.165) is 12.8 Å². The van der Waals surface area contributed by atoms with Crippen LogP contribution < -0.4 is 0 Å². The summed E-state index contributed by atoms with van der Waals surface area (Å²) < 4.78 is 0. The van der Waals surface area contributed by atoms with Crippen molar-refractivity contribution in [3.63, 3.8) is 0 Å². The van der Waals surface area contributed by atoms with Gasteiger partial charge in [0.2, 0.25) is 5.24 Å². The van der Waals surface area contributed by atoms with Crippen LogP contribution in [0.3, 0.4) is 0 Å². The van der Waals surface area contributed by atoms with Gasteiger partial charge in [-0.3, -0.25) is 4.79 Å². The summed E-state index contributed by atoms with van der Waals surface area (Å²) in [4.78, 5) is 10.8. The summed E-state index contributed by atoms with van der Waals surface area (Å²) in [6.07, 6.45) is 6.49. The normalized spacial score (nSPS) is 42.7. The second-order valence-electron chi connectivity index (χ2n) is 3.19. The molecule has 0 spiro atoms. The van der Waals surface area contributed by atoms with E-state index in [2.05, 4.69) is 12.2 Å². The molecule has 3 atom stereocenters. The standard InChI is InChI=1S/C8H9ClO/c9-8(10)7-4-5-1-2-6(7)3-5/h1-2,5-7H,3-4H2/t5-,6+,7-/m1/s1. The highest BCUT2D eigenvalue weighted by atomic mass is 35.5. The summed E-state index contributed by atoms with van der Waals surface area (Å²) in [7, 11) is 0. The van der Waals surface area contributed by atoms with Gasteiger partial charge in [-0.1, -0.05) is 12.2 Å². The molecule has 0 radical (unpaired) electrons. The van der Waals surface area contributed by atoms with E-state index >= 15 is 0 Å². The number of carbonyl (C=O) groups excluding carboxylic acids is 1. The molecule has 1 nitrogen and oxygen atoms in total. The maximum absolute atomic E-state index is 10.8. The van der Waals surface area contributed by atoms with E-state index in [1.165, 1.54) is 0 Å². The van der Waals surface area contributed by atoms with Gasteiger partial charge in [-0.2, -0.15) is 0 Å². The summed E-state index contributed by atoms with van der Waals surface area (Å²) in [5, 5.41) is -0.142. The van der Waals surface area contributed by atoms with Crippen LogP contribution in [0.25, 0.3) is 0 Å². The number of carbonyl (C=O) groups is 1. The van der Waals surface area contributed by atoms with Crippen molar-refractivity contribution < 1.29 is 4.79 Å². The Kier molecular flexibility index (Phi) is 1.34. The molecule has 10 heavy (non-hydrogen) atoms. The maximum Gasteiger partial charge on any atom is 0.225 e. The Morgan fingerprint density at radius 2 is 2.20 bits per heavy atom. The minimum atomic E-state index is -0.142. The van der Waals surface area contributed by atoms with E-state index in [1.807, 2.05) is 0 Å². The average molecular weight is 157 g/mol. The number of rotatable bonds is 1. The van der Waals surface area contributed by atoms with Crippen molar-refractivity contribution in [3.8, 4) is 0 Å². The number of hydrogen-bond acceptors (Lipinski definition) is 1. The zero-order chi connectivity index (χ0) is 7.14. The number of hydrogen-bond donors (Lipinski definition) is 0. The fourth-order valence-electron chi connectivity index (χ4n) is 2.04. The van der Waals surface area contributed by atoms with Gasteiger partial charge >= 0.3 is 0 Å².